The normalized spacial score (nSPS) is 29.9. The average Bonchev–Trinajstić information content (AvgIpc) is 3.23. The molecule has 128 valence electrons. The molecule has 5 nitrogen and oxygen atoms in total. The number of carbonyl (C=O) groups excluding carboxylic acids is 1. The van der Waals surface area contributed by atoms with E-state index < -0.39 is 9.84 Å². The molecule has 2 unspecified atom stereocenters. The number of aliphatic imine (C=N–C) groups is 1. The van der Waals surface area contributed by atoms with Crippen LogP contribution in [0.5, 0.6) is 0 Å². The summed E-state index contributed by atoms with van der Waals surface area (Å²) in [6.45, 7) is 0. The third-order valence-corrected chi connectivity index (χ3v) is 8.33. The highest BCUT2D eigenvalue weighted by Crippen LogP contribution is 2.42. The lowest BCUT2D eigenvalue weighted by Gasteiger charge is -2.24. The first-order valence-corrected chi connectivity index (χ1v) is 11.0. The van der Waals surface area contributed by atoms with Crippen molar-refractivity contribution in [2.24, 2.45) is 10.9 Å². The minimum atomic E-state index is -3.08. The van der Waals surface area contributed by atoms with Gasteiger partial charge in [-0.2, -0.15) is 4.99 Å². The van der Waals surface area contributed by atoms with Gasteiger partial charge in [0.15, 0.2) is 15.0 Å². The second kappa shape index (κ2) is 5.90. The Kier molecular flexibility index (Phi) is 4.10. The van der Waals surface area contributed by atoms with Crippen molar-refractivity contribution in [3.8, 4) is 0 Å². The molecule has 0 bridgehead atoms. The van der Waals surface area contributed by atoms with Crippen molar-refractivity contribution in [2.75, 3.05) is 16.4 Å². The standard InChI is InChI=1S/C15H14Cl2N2O3S2/c16-10-4-3-9(5-11(10)17)19-12-6-24(21,22)7-13(12)23-15(19)18-14(20)8-1-2-8/h3-5,8,12-13H,1-2,6-7H2. The third kappa shape index (κ3) is 3.07. The number of benzene rings is 1. The molecule has 9 heteroatoms. The number of halogens is 2. The molecule has 4 rings (SSSR count). The number of sulfone groups is 1. The zero-order chi connectivity index (χ0) is 17.1. The Hall–Kier alpha value is -0.760. The number of amides is 1. The van der Waals surface area contributed by atoms with Gasteiger partial charge in [-0.3, -0.25) is 4.79 Å². The first-order chi connectivity index (χ1) is 11.3. The number of anilines is 1. The predicted molar refractivity (Wildman–Crippen MR) is 97.9 cm³/mol. The minimum Gasteiger partial charge on any atom is -0.316 e. The van der Waals surface area contributed by atoms with Gasteiger partial charge >= 0.3 is 0 Å². The lowest BCUT2D eigenvalue weighted by atomic mass is 10.2. The Morgan fingerprint density at radius 2 is 1.96 bits per heavy atom. The largest absolute Gasteiger partial charge is 0.316 e. The van der Waals surface area contributed by atoms with E-state index in [9.17, 15) is 13.2 Å². The molecule has 0 radical (unpaired) electrons. The van der Waals surface area contributed by atoms with Crippen LogP contribution in [0.2, 0.25) is 10.0 Å². The van der Waals surface area contributed by atoms with Crippen molar-refractivity contribution in [3.63, 3.8) is 0 Å². The number of rotatable bonds is 2. The van der Waals surface area contributed by atoms with Gasteiger partial charge in [0.1, 0.15) is 0 Å². The van der Waals surface area contributed by atoms with E-state index in [1.54, 1.807) is 18.2 Å². The van der Waals surface area contributed by atoms with Gasteiger partial charge in [0.2, 0.25) is 0 Å². The van der Waals surface area contributed by atoms with E-state index in [4.69, 9.17) is 23.2 Å². The fourth-order valence-electron chi connectivity index (χ4n) is 3.02. The van der Waals surface area contributed by atoms with Gasteiger partial charge in [0, 0.05) is 16.9 Å². The zero-order valence-corrected chi connectivity index (χ0v) is 15.6. The topological polar surface area (TPSA) is 66.8 Å². The van der Waals surface area contributed by atoms with Crippen LogP contribution in [0.3, 0.4) is 0 Å². The fraction of sp³-hybridized carbons (Fsp3) is 0.467. The molecule has 2 atom stereocenters. The van der Waals surface area contributed by atoms with E-state index in [0.29, 0.717) is 20.9 Å². The first-order valence-electron chi connectivity index (χ1n) is 7.58. The van der Waals surface area contributed by atoms with Crippen LogP contribution in [0.25, 0.3) is 0 Å². The molecule has 0 aromatic heterocycles. The van der Waals surface area contributed by atoms with Crippen LogP contribution in [0.15, 0.2) is 23.2 Å². The van der Waals surface area contributed by atoms with Gasteiger partial charge < -0.3 is 4.90 Å². The number of carbonyl (C=O) groups is 1. The molecule has 2 aliphatic heterocycles. The van der Waals surface area contributed by atoms with E-state index in [1.165, 1.54) is 11.8 Å². The molecule has 3 aliphatic rings. The van der Waals surface area contributed by atoms with E-state index >= 15 is 0 Å². The van der Waals surface area contributed by atoms with Crippen molar-refractivity contribution in [3.05, 3.63) is 28.2 Å². The molecule has 3 fully saturated rings. The number of amidine groups is 1. The third-order valence-electron chi connectivity index (χ3n) is 4.38. The summed E-state index contributed by atoms with van der Waals surface area (Å²) in [6, 6.07) is 4.90. The maximum atomic E-state index is 12.1. The lowest BCUT2D eigenvalue weighted by molar-refractivity contribution is -0.118. The molecule has 1 amide bonds. The van der Waals surface area contributed by atoms with Crippen LogP contribution in [0.4, 0.5) is 5.69 Å². The Labute approximate surface area is 154 Å². The number of nitrogens with zero attached hydrogens (tertiary/aromatic N) is 2. The number of hydrogen-bond acceptors (Lipinski definition) is 4. The van der Waals surface area contributed by atoms with Gasteiger partial charge in [-0.25, -0.2) is 8.42 Å². The van der Waals surface area contributed by atoms with Crippen molar-refractivity contribution in [1.29, 1.82) is 0 Å². The summed E-state index contributed by atoms with van der Waals surface area (Å²) < 4.78 is 24.0. The van der Waals surface area contributed by atoms with Crippen LogP contribution >= 0.6 is 35.0 Å². The molecule has 24 heavy (non-hydrogen) atoms. The van der Waals surface area contributed by atoms with Gasteiger partial charge in [-0.15, -0.1) is 0 Å². The molecule has 0 spiro atoms. The Morgan fingerprint density at radius 3 is 2.62 bits per heavy atom. The summed E-state index contributed by atoms with van der Waals surface area (Å²) in [5.41, 5.74) is 0.712. The summed E-state index contributed by atoms with van der Waals surface area (Å²) in [5.74, 6) is 0.0709. The smallest absolute Gasteiger partial charge is 0.251 e. The van der Waals surface area contributed by atoms with Crippen LogP contribution in [0, 0.1) is 5.92 Å². The minimum absolute atomic E-state index is 0.0259. The fourth-order valence-corrected chi connectivity index (χ4v) is 7.23. The maximum Gasteiger partial charge on any atom is 0.251 e. The molecule has 2 heterocycles. The molecule has 1 saturated carbocycles. The maximum absolute atomic E-state index is 12.1. The second-order valence-electron chi connectivity index (χ2n) is 6.28. The molecule has 1 aromatic rings. The molecule has 0 N–H and O–H groups in total. The number of fused-ring (bicyclic) bond motifs is 1. The summed E-state index contributed by atoms with van der Waals surface area (Å²) in [6.07, 6.45) is 1.77. The van der Waals surface area contributed by atoms with Gasteiger partial charge in [0.05, 0.1) is 27.6 Å². The highest BCUT2D eigenvalue weighted by atomic mass is 35.5. The first kappa shape index (κ1) is 16.7. The van der Waals surface area contributed by atoms with Crippen LogP contribution in [-0.4, -0.2) is 42.3 Å². The van der Waals surface area contributed by atoms with Crippen molar-refractivity contribution >= 4 is 61.6 Å². The molecule has 1 aliphatic carbocycles. The quantitative estimate of drug-likeness (QED) is 0.757. The monoisotopic (exact) mass is 404 g/mol. The van der Waals surface area contributed by atoms with E-state index in [0.717, 1.165) is 12.8 Å². The van der Waals surface area contributed by atoms with Crippen molar-refractivity contribution in [1.82, 2.24) is 0 Å². The van der Waals surface area contributed by atoms with E-state index in [2.05, 4.69) is 4.99 Å². The van der Waals surface area contributed by atoms with E-state index in [1.807, 2.05) is 4.90 Å². The molecule has 2 saturated heterocycles. The highest BCUT2D eigenvalue weighted by Gasteiger charge is 2.49. The van der Waals surface area contributed by atoms with Crippen LogP contribution in [0.1, 0.15) is 12.8 Å². The number of hydrogen-bond donors (Lipinski definition) is 0. The van der Waals surface area contributed by atoms with Crippen molar-refractivity contribution < 1.29 is 13.2 Å². The summed E-state index contributed by atoms with van der Waals surface area (Å²) >= 11 is 13.5. The Bertz CT molecular complexity index is 852. The van der Waals surface area contributed by atoms with Crippen molar-refractivity contribution in [2.45, 2.75) is 24.1 Å². The van der Waals surface area contributed by atoms with Crippen LogP contribution < -0.4 is 4.90 Å². The predicted octanol–water partition coefficient (Wildman–Crippen LogP) is 3.00. The van der Waals surface area contributed by atoms with Gasteiger partial charge in [0.25, 0.3) is 5.91 Å². The zero-order valence-electron chi connectivity index (χ0n) is 12.5. The second-order valence-corrected chi connectivity index (χ2v) is 10.5. The van der Waals surface area contributed by atoms with E-state index in [-0.39, 0.29) is 34.6 Å². The molecular weight excluding hydrogens is 391 g/mol. The summed E-state index contributed by atoms with van der Waals surface area (Å²) in [4.78, 5) is 18.2. The molecule has 1 aromatic carbocycles. The Balaban J connectivity index is 1.74. The average molecular weight is 405 g/mol. The van der Waals surface area contributed by atoms with Crippen LogP contribution in [-0.2, 0) is 14.6 Å². The number of thioether (sulfide) groups is 1. The lowest BCUT2D eigenvalue weighted by Crippen LogP contribution is -2.37. The SMILES string of the molecule is O=C(N=C1SC2CS(=O)(=O)CC2N1c1ccc(Cl)c(Cl)c1)C1CC1. The Morgan fingerprint density at radius 1 is 1.21 bits per heavy atom. The highest BCUT2D eigenvalue weighted by molar-refractivity contribution is 8.16. The molecular formula is C15H14Cl2N2O3S2. The summed E-state index contributed by atoms with van der Waals surface area (Å²) in [5, 5.41) is 1.26. The van der Waals surface area contributed by atoms with Gasteiger partial charge in [-0.1, -0.05) is 35.0 Å². The summed E-state index contributed by atoms with van der Waals surface area (Å²) in [7, 11) is -3.08. The van der Waals surface area contributed by atoms with Gasteiger partial charge in [-0.05, 0) is 31.0 Å².